The molecule has 1 fully saturated rings. The van der Waals surface area contributed by atoms with Crippen LogP contribution in [0.15, 0.2) is 84.2 Å². The van der Waals surface area contributed by atoms with Gasteiger partial charge in [-0.3, -0.25) is 9.38 Å². The second-order valence-electron chi connectivity index (χ2n) is 8.43. The molecule has 0 aliphatic carbocycles. The second kappa shape index (κ2) is 8.18. The third-order valence-corrected chi connectivity index (χ3v) is 6.29. The molecule has 0 unspecified atom stereocenters. The van der Waals surface area contributed by atoms with E-state index >= 15 is 0 Å². The van der Waals surface area contributed by atoms with Gasteiger partial charge in [0.1, 0.15) is 11.5 Å². The van der Waals surface area contributed by atoms with Crippen LogP contribution >= 0.6 is 0 Å². The molecule has 7 heteroatoms. The largest absolute Gasteiger partial charge is 0.472 e. The average Bonchev–Trinajstić information content (AvgIpc) is 3.55. The van der Waals surface area contributed by atoms with Gasteiger partial charge in [0, 0.05) is 67.0 Å². The highest BCUT2D eigenvalue weighted by Crippen LogP contribution is 2.28. The van der Waals surface area contributed by atoms with E-state index < -0.39 is 0 Å². The molecule has 6 heterocycles. The highest BCUT2D eigenvalue weighted by Gasteiger charge is 2.15. The molecule has 0 atom stereocenters. The Kier molecular flexibility index (Phi) is 4.88. The third-order valence-electron chi connectivity index (χ3n) is 6.29. The van der Waals surface area contributed by atoms with Gasteiger partial charge >= 0.3 is 0 Å². The van der Waals surface area contributed by atoms with Gasteiger partial charge in [0.05, 0.1) is 30.1 Å². The van der Waals surface area contributed by atoms with Gasteiger partial charge < -0.3 is 14.2 Å². The lowest BCUT2D eigenvalue weighted by Gasteiger charge is -2.33. The van der Waals surface area contributed by atoms with Crippen molar-refractivity contribution in [1.29, 1.82) is 0 Å². The van der Waals surface area contributed by atoms with Crippen molar-refractivity contribution in [3.8, 4) is 33.6 Å². The molecule has 6 rings (SSSR count). The van der Waals surface area contributed by atoms with E-state index in [0.29, 0.717) is 0 Å². The minimum atomic E-state index is 0.871. The highest BCUT2D eigenvalue weighted by atomic mass is 16.3. The minimum Gasteiger partial charge on any atom is -0.472 e. The zero-order valence-electron chi connectivity index (χ0n) is 18.4. The first-order valence-electron chi connectivity index (χ1n) is 11.1. The van der Waals surface area contributed by atoms with Gasteiger partial charge in [-0.15, -0.1) is 0 Å². The van der Waals surface area contributed by atoms with Crippen molar-refractivity contribution in [3.05, 3.63) is 79.8 Å². The van der Waals surface area contributed by atoms with Crippen molar-refractivity contribution < 1.29 is 4.42 Å². The average molecular weight is 437 g/mol. The Balaban J connectivity index is 1.32. The van der Waals surface area contributed by atoms with E-state index in [-0.39, 0.29) is 0 Å². The third kappa shape index (κ3) is 3.76. The monoisotopic (exact) mass is 436 g/mol. The van der Waals surface area contributed by atoms with Crippen LogP contribution in [0.3, 0.4) is 0 Å². The number of imidazole rings is 1. The number of furan rings is 1. The lowest BCUT2D eigenvalue weighted by Crippen LogP contribution is -2.44. The first kappa shape index (κ1) is 19.7. The molecule has 5 aromatic rings. The fourth-order valence-corrected chi connectivity index (χ4v) is 4.30. The summed E-state index contributed by atoms with van der Waals surface area (Å²) in [6.45, 7) is 4.17. The lowest BCUT2D eigenvalue weighted by atomic mass is 10.1. The molecule has 1 saturated heterocycles. The number of fused-ring (bicyclic) bond motifs is 1. The summed E-state index contributed by atoms with van der Waals surface area (Å²) in [5, 5.41) is 0. The molecule has 1 aliphatic rings. The predicted molar refractivity (Wildman–Crippen MR) is 129 cm³/mol. The summed E-state index contributed by atoms with van der Waals surface area (Å²) >= 11 is 0. The van der Waals surface area contributed by atoms with E-state index in [9.17, 15) is 0 Å². The van der Waals surface area contributed by atoms with Gasteiger partial charge in [-0.25, -0.2) is 9.97 Å². The number of hydrogen-bond acceptors (Lipinski definition) is 6. The summed E-state index contributed by atoms with van der Waals surface area (Å²) in [6.07, 6.45) is 11.2. The van der Waals surface area contributed by atoms with Crippen molar-refractivity contribution >= 4 is 11.5 Å². The minimum absolute atomic E-state index is 0.871. The van der Waals surface area contributed by atoms with Crippen molar-refractivity contribution in [2.45, 2.75) is 0 Å². The molecule has 0 spiro atoms. The quantitative estimate of drug-likeness (QED) is 0.414. The number of rotatable bonds is 4. The number of aromatic nitrogens is 4. The van der Waals surface area contributed by atoms with Crippen molar-refractivity contribution in [2.75, 3.05) is 38.1 Å². The number of nitrogens with zero attached hydrogens (tertiary/aromatic N) is 6. The normalized spacial score (nSPS) is 14.8. The van der Waals surface area contributed by atoms with Crippen LogP contribution in [-0.4, -0.2) is 57.5 Å². The number of likely N-dealkylation sites (N-methyl/N-ethyl adjacent to an activating group) is 1. The summed E-state index contributed by atoms with van der Waals surface area (Å²) < 4.78 is 7.34. The molecule has 0 saturated carbocycles. The van der Waals surface area contributed by atoms with Crippen molar-refractivity contribution in [2.24, 2.45) is 0 Å². The standard InChI is InChI=1S/C26H24N6O/c1-30-9-11-31(12-10-30)25-4-2-20(15-28-25)21-3-5-26-29-16-24(32(26)17-21)19-6-8-27-23(14-19)22-7-13-33-18-22/h2-8,13-18H,9-12H2,1H3. The lowest BCUT2D eigenvalue weighted by molar-refractivity contribution is 0.312. The first-order valence-corrected chi connectivity index (χ1v) is 11.1. The number of anilines is 1. The van der Waals surface area contributed by atoms with Crippen LogP contribution in [0.5, 0.6) is 0 Å². The van der Waals surface area contributed by atoms with Crippen molar-refractivity contribution in [1.82, 2.24) is 24.3 Å². The molecule has 7 nitrogen and oxygen atoms in total. The number of piperazine rings is 1. The summed E-state index contributed by atoms with van der Waals surface area (Å²) in [7, 11) is 2.17. The fraction of sp³-hybridized carbons (Fsp3) is 0.192. The predicted octanol–water partition coefficient (Wildman–Crippen LogP) is 4.47. The second-order valence-corrected chi connectivity index (χ2v) is 8.43. The molecule has 164 valence electrons. The number of hydrogen-bond donors (Lipinski definition) is 0. The van der Waals surface area contributed by atoms with Gasteiger partial charge in [0.2, 0.25) is 0 Å². The SMILES string of the molecule is CN1CCN(c2ccc(-c3ccc4ncc(-c5ccnc(-c6ccoc6)c5)n4c3)cn2)CC1. The summed E-state index contributed by atoms with van der Waals surface area (Å²) in [4.78, 5) is 18.5. The number of pyridine rings is 3. The maximum Gasteiger partial charge on any atom is 0.137 e. The molecule has 33 heavy (non-hydrogen) atoms. The van der Waals surface area contributed by atoms with E-state index in [0.717, 1.165) is 71.3 Å². The Morgan fingerprint density at radius 3 is 2.45 bits per heavy atom. The molecule has 0 N–H and O–H groups in total. The Morgan fingerprint density at radius 1 is 0.788 bits per heavy atom. The topological polar surface area (TPSA) is 62.7 Å². The van der Waals surface area contributed by atoms with Crippen LogP contribution in [0.25, 0.3) is 39.3 Å². The van der Waals surface area contributed by atoms with Gasteiger partial charge in [0.25, 0.3) is 0 Å². The first-order chi connectivity index (χ1) is 16.2. The molecule has 0 aromatic carbocycles. The van der Waals surface area contributed by atoms with Crippen LogP contribution < -0.4 is 4.90 Å². The van der Waals surface area contributed by atoms with Gasteiger partial charge in [-0.05, 0) is 49.5 Å². The van der Waals surface area contributed by atoms with Crippen LogP contribution in [0.4, 0.5) is 5.82 Å². The highest BCUT2D eigenvalue weighted by molar-refractivity contribution is 5.72. The zero-order valence-corrected chi connectivity index (χ0v) is 18.4. The van der Waals surface area contributed by atoms with Gasteiger partial charge in [-0.2, -0.15) is 0 Å². The molecule has 0 amide bonds. The summed E-state index contributed by atoms with van der Waals surface area (Å²) in [5.74, 6) is 1.04. The van der Waals surface area contributed by atoms with E-state index in [1.165, 1.54) is 0 Å². The molecular weight excluding hydrogens is 412 g/mol. The van der Waals surface area contributed by atoms with E-state index in [1.54, 1.807) is 12.5 Å². The Labute approximate surface area is 192 Å². The molecule has 5 aromatic heterocycles. The summed E-state index contributed by atoms with van der Waals surface area (Å²) in [6, 6.07) is 14.4. The Bertz CT molecular complexity index is 1380. The molecule has 0 radical (unpaired) electrons. The zero-order chi connectivity index (χ0) is 22.2. The maximum atomic E-state index is 5.22. The van der Waals surface area contributed by atoms with Gasteiger partial charge in [-0.1, -0.05) is 0 Å². The molecule has 0 bridgehead atoms. The smallest absolute Gasteiger partial charge is 0.137 e. The Morgan fingerprint density at radius 2 is 1.67 bits per heavy atom. The van der Waals surface area contributed by atoms with E-state index in [4.69, 9.17) is 9.40 Å². The fourth-order valence-electron chi connectivity index (χ4n) is 4.30. The van der Waals surface area contributed by atoms with Crippen LogP contribution in [0, 0.1) is 0 Å². The molecule has 1 aliphatic heterocycles. The molecular formula is C26H24N6O. The van der Waals surface area contributed by atoms with E-state index in [1.807, 2.05) is 36.8 Å². The Hall–Kier alpha value is -3.97. The van der Waals surface area contributed by atoms with E-state index in [2.05, 4.69) is 61.7 Å². The van der Waals surface area contributed by atoms with Crippen LogP contribution in [0.2, 0.25) is 0 Å². The van der Waals surface area contributed by atoms with Crippen LogP contribution in [0.1, 0.15) is 0 Å². The van der Waals surface area contributed by atoms with Gasteiger partial charge in [0.15, 0.2) is 0 Å². The van der Waals surface area contributed by atoms with Crippen molar-refractivity contribution in [3.63, 3.8) is 0 Å². The van der Waals surface area contributed by atoms with Crippen LogP contribution in [-0.2, 0) is 0 Å². The summed E-state index contributed by atoms with van der Waals surface area (Å²) in [5.41, 5.74) is 6.98. The maximum absolute atomic E-state index is 5.22.